The minimum absolute atomic E-state index is 0.0183. The molecule has 0 aliphatic rings. The molecule has 1 atom stereocenters. The van der Waals surface area contributed by atoms with Crippen LogP contribution in [0, 0.1) is 0 Å². The SMILES string of the molecule is CCCOC(CC(=O)[O-])C[N+](C)(C)C. The van der Waals surface area contributed by atoms with Crippen LogP contribution in [0.1, 0.15) is 19.8 Å². The molecule has 1 unspecified atom stereocenters. The van der Waals surface area contributed by atoms with Gasteiger partial charge in [-0.05, 0) is 6.42 Å². The third kappa shape index (κ3) is 8.01. The first kappa shape index (κ1) is 13.4. The molecule has 0 aromatic heterocycles. The third-order valence-electron chi connectivity index (χ3n) is 1.70. The van der Waals surface area contributed by atoms with E-state index in [4.69, 9.17) is 4.74 Å². The highest BCUT2D eigenvalue weighted by Gasteiger charge is 2.18. The van der Waals surface area contributed by atoms with Crippen LogP contribution in [0.15, 0.2) is 0 Å². The van der Waals surface area contributed by atoms with E-state index in [1.165, 1.54) is 0 Å². The van der Waals surface area contributed by atoms with Crippen molar-refractivity contribution in [1.29, 1.82) is 0 Å². The lowest BCUT2D eigenvalue weighted by Crippen LogP contribution is -2.44. The summed E-state index contributed by atoms with van der Waals surface area (Å²) in [4.78, 5) is 10.5. The molecule has 0 rings (SSSR count). The number of hydrogen-bond donors (Lipinski definition) is 0. The number of aliphatic carboxylic acids is 1. The molecule has 4 nitrogen and oxygen atoms in total. The van der Waals surface area contributed by atoms with Crippen LogP contribution in [0.25, 0.3) is 0 Å². The highest BCUT2D eigenvalue weighted by Crippen LogP contribution is 2.04. The maximum Gasteiger partial charge on any atom is 0.112 e. The quantitative estimate of drug-likeness (QED) is 0.530. The van der Waals surface area contributed by atoms with E-state index < -0.39 is 5.97 Å². The second-order valence-electron chi connectivity index (χ2n) is 4.54. The smallest absolute Gasteiger partial charge is 0.112 e. The Morgan fingerprint density at radius 3 is 2.36 bits per heavy atom. The molecule has 4 heteroatoms. The molecule has 0 heterocycles. The van der Waals surface area contributed by atoms with Crippen LogP contribution < -0.4 is 5.11 Å². The maximum absolute atomic E-state index is 10.5. The molecule has 0 amide bonds. The zero-order valence-corrected chi connectivity index (χ0v) is 9.58. The van der Waals surface area contributed by atoms with Crippen LogP contribution in [-0.2, 0) is 9.53 Å². The number of ether oxygens (including phenoxy) is 1. The molecule has 0 saturated heterocycles. The van der Waals surface area contributed by atoms with E-state index >= 15 is 0 Å². The van der Waals surface area contributed by atoms with E-state index in [1.807, 2.05) is 28.1 Å². The van der Waals surface area contributed by atoms with Crippen molar-refractivity contribution in [2.45, 2.75) is 25.9 Å². The van der Waals surface area contributed by atoms with E-state index in [-0.39, 0.29) is 12.5 Å². The Morgan fingerprint density at radius 2 is 2.00 bits per heavy atom. The van der Waals surface area contributed by atoms with Crippen molar-refractivity contribution >= 4 is 5.97 Å². The van der Waals surface area contributed by atoms with E-state index in [0.29, 0.717) is 17.6 Å². The van der Waals surface area contributed by atoms with Gasteiger partial charge in [-0.25, -0.2) is 0 Å². The molecule has 0 spiro atoms. The number of rotatable bonds is 7. The van der Waals surface area contributed by atoms with Gasteiger partial charge in [-0.2, -0.15) is 0 Å². The molecule has 0 bridgehead atoms. The number of nitrogens with zero attached hydrogens (tertiary/aromatic N) is 1. The Balaban J connectivity index is 4.03. The van der Waals surface area contributed by atoms with Crippen molar-refractivity contribution in [3.8, 4) is 0 Å². The van der Waals surface area contributed by atoms with Crippen LogP contribution in [-0.4, -0.2) is 50.9 Å². The van der Waals surface area contributed by atoms with Gasteiger partial charge in [0.15, 0.2) is 0 Å². The summed E-state index contributed by atoms with van der Waals surface area (Å²) in [6.07, 6.45) is 0.649. The van der Waals surface area contributed by atoms with Gasteiger partial charge in [0.1, 0.15) is 12.6 Å². The molecule has 0 aliphatic carbocycles. The zero-order chi connectivity index (χ0) is 11.2. The van der Waals surface area contributed by atoms with E-state index in [0.717, 1.165) is 6.42 Å². The predicted molar refractivity (Wildman–Crippen MR) is 52.6 cm³/mol. The van der Waals surface area contributed by atoms with Crippen molar-refractivity contribution in [3.63, 3.8) is 0 Å². The summed E-state index contributed by atoms with van der Waals surface area (Å²) in [6.45, 7) is 3.30. The van der Waals surface area contributed by atoms with Gasteiger partial charge in [-0.1, -0.05) is 6.92 Å². The molecular formula is C10H21NO3. The number of quaternary nitrogens is 1. The summed E-state index contributed by atoms with van der Waals surface area (Å²) in [5.74, 6) is -1.04. The first-order valence-corrected chi connectivity index (χ1v) is 4.97. The average molecular weight is 203 g/mol. The fraction of sp³-hybridized carbons (Fsp3) is 0.900. The predicted octanol–water partition coefficient (Wildman–Crippen LogP) is -0.372. The number of carboxylic acids is 1. The molecule has 0 aromatic rings. The lowest BCUT2D eigenvalue weighted by Gasteiger charge is -2.29. The number of carbonyl (C=O) groups is 1. The Kier molecular flexibility index (Phi) is 5.72. The minimum atomic E-state index is -1.04. The van der Waals surface area contributed by atoms with Crippen LogP contribution >= 0.6 is 0 Å². The summed E-state index contributed by atoms with van der Waals surface area (Å²) in [5.41, 5.74) is 0. The number of hydrogen-bond acceptors (Lipinski definition) is 3. The van der Waals surface area contributed by atoms with Gasteiger partial charge in [0.2, 0.25) is 0 Å². The fourth-order valence-corrected chi connectivity index (χ4v) is 1.26. The lowest BCUT2D eigenvalue weighted by atomic mass is 10.2. The van der Waals surface area contributed by atoms with Gasteiger partial charge in [0.05, 0.1) is 21.1 Å². The Hall–Kier alpha value is -0.610. The van der Waals surface area contributed by atoms with Crippen LogP contribution in [0.2, 0.25) is 0 Å². The molecule has 0 N–H and O–H groups in total. The van der Waals surface area contributed by atoms with Crippen LogP contribution in [0.4, 0.5) is 0 Å². The number of carboxylic acid groups (broad SMARTS) is 1. The zero-order valence-electron chi connectivity index (χ0n) is 9.58. The Morgan fingerprint density at radius 1 is 1.43 bits per heavy atom. The van der Waals surface area contributed by atoms with Crippen molar-refractivity contribution in [1.82, 2.24) is 0 Å². The highest BCUT2D eigenvalue weighted by atomic mass is 16.5. The van der Waals surface area contributed by atoms with Crippen molar-refractivity contribution in [2.24, 2.45) is 0 Å². The van der Waals surface area contributed by atoms with Crippen molar-refractivity contribution in [2.75, 3.05) is 34.3 Å². The average Bonchev–Trinajstić information content (AvgIpc) is 1.96. The third-order valence-corrected chi connectivity index (χ3v) is 1.70. The molecule has 0 radical (unpaired) electrons. The number of likely N-dealkylation sites (N-methyl/N-ethyl adjacent to an activating group) is 1. The standard InChI is InChI=1S/C10H21NO3/c1-5-6-14-9(7-10(12)13)8-11(2,3)4/h9H,5-8H2,1-4H3. The topological polar surface area (TPSA) is 49.4 Å². The molecule has 0 aliphatic heterocycles. The van der Waals surface area contributed by atoms with Crippen LogP contribution in [0.3, 0.4) is 0 Å². The molecular weight excluding hydrogens is 182 g/mol. The van der Waals surface area contributed by atoms with Gasteiger partial charge in [-0.15, -0.1) is 0 Å². The van der Waals surface area contributed by atoms with E-state index in [2.05, 4.69) is 0 Å². The first-order valence-electron chi connectivity index (χ1n) is 4.97. The van der Waals surface area contributed by atoms with E-state index in [9.17, 15) is 9.90 Å². The lowest BCUT2D eigenvalue weighted by molar-refractivity contribution is -0.873. The first-order chi connectivity index (χ1) is 6.35. The van der Waals surface area contributed by atoms with Gasteiger partial charge in [0.25, 0.3) is 0 Å². The summed E-state index contributed by atoms with van der Waals surface area (Å²) in [6, 6.07) is 0. The summed E-state index contributed by atoms with van der Waals surface area (Å²) in [7, 11) is 6.03. The molecule has 84 valence electrons. The van der Waals surface area contributed by atoms with Crippen molar-refractivity contribution in [3.05, 3.63) is 0 Å². The normalized spacial score (nSPS) is 14.0. The maximum atomic E-state index is 10.5. The Labute approximate surface area is 86.1 Å². The second-order valence-corrected chi connectivity index (χ2v) is 4.54. The molecule has 14 heavy (non-hydrogen) atoms. The molecule has 0 aromatic carbocycles. The number of carbonyl (C=O) groups excluding carboxylic acids is 1. The Bertz CT molecular complexity index is 175. The summed E-state index contributed by atoms with van der Waals surface area (Å²) < 4.78 is 6.14. The van der Waals surface area contributed by atoms with Crippen molar-refractivity contribution < 1.29 is 19.1 Å². The minimum Gasteiger partial charge on any atom is -0.550 e. The van der Waals surface area contributed by atoms with E-state index in [1.54, 1.807) is 0 Å². The highest BCUT2D eigenvalue weighted by molar-refractivity contribution is 5.64. The molecule has 0 fully saturated rings. The van der Waals surface area contributed by atoms with Crippen LogP contribution in [0.5, 0.6) is 0 Å². The summed E-state index contributed by atoms with van der Waals surface area (Å²) in [5, 5.41) is 10.5. The second kappa shape index (κ2) is 5.98. The van der Waals surface area contributed by atoms with Gasteiger partial charge >= 0.3 is 0 Å². The summed E-state index contributed by atoms with van der Waals surface area (Å²) >= 11 is 0. The van der Waals surface area contributed by atoms with Gasteiger partial charge < -0.3 is 19.1 Å². The molecule has 0 saturated carbocycles. The fourth-order valence-electron chi connectivity index (χ4n) is 1.26. The van der Waals surface area contributed by atoms with Gasteiger partial charge in [0, 0.05) is 19.0 Å². The largest absolute Gasteiger partial charge is 0.550 e. The monoisotopic (exact) mass is 203 g/mol. The van der Waals surface area contributed by atoms with Gasteiger partial charge in [-0.3, -0.25) is 0 Å².